The van der Waals surface area contributed by atoms with Crippen LogP contribution in [-0.4, -0.2) is 24.1 Å². The lowest BCUT2D eigenvalue weighted by Crippen LogP contribution is -2.07. The van der Waals surface area contributed by atoms with Gasteiger partial charge in [0.05, 0.1) is 16.6 Å². The van der Waals surface area contributed by atoms with Crippen LogP contribution in [0.5, 0.6) is 0 Å². The average molecular weight is 584 g/mol. The smallest absolute Gasteiger partial charge is 0.238 e. The molecule has 0 bridgehead atoms. The van der Waals surface area contributed by atoms with Gasteiger partial charge >= 0.3 is 0 Å². The summed E-state index contributed by atoms with van der Waals surface area (Å²) in [5.74, 6) is 1.81. The van der Waals surface area contributed by atoms with Crippen molar-refractivity contribution in [1.82, 2.24) is 24.1 Å². The standard InChI is InChI=1S/C40H33N5/c1-3-5-16-27(4-2)38-41-39(28-17-8-6-9-18-28)43-40(42-38)45-35-24-15-13-22-31(35)33-25-36-32(26-37(33)45)30-21-12-14-23-34(30)44(36)29-19-10-7-11-20-29/h3-11,13,15-20,22,24-26H,2,12,14,21,23H2,1H3/b5-3-,27-16+. The number of hydrogen-bond acceptors (Lipinski definition) is 3. The second-order valence-corrected chi connectivity index (χ2v) is 11.5. The molecule has 8 rings (SSSR count). The van der Waals surface area contributed by atoms with Crippen molar-refractivity contribution in [3.63, 3.8) is 0 Å². The summed E-state index contributed by atoms with van der Waals surface area (Å²) in [7, 11) is 0. The summed E-state index contributed by atoms with van der Waals surface area (Å²) < 4.78 is 4.71. The van der Waals surface area contributed by atoms with Crippen LogP contribution in [0.2, 0.25) is 0 Å². The van der Waals surface area contributed by atoms with Gasteiger partial charge in [-0.3, -0.25) is 4.57 Å². The van der Waals surface area contributed by atoms with Gasteiger partial charge in [-0.05, 0) is 68.5 Å². The van der Waals surface area contributed by atoms with Crippen molar-refractivity contribution in [3.05, 3.63) is 145 Å². The van der Waals surface area contributed by atoms with Gasteiger partial charge in [0.2, 0.25) is 5.95 Å². The van der Waals surface area contributed by atoms with Crippen LogP contribution in [0.25, 0.3) is 61.3 Å². The van der Waals surface area contributed by atoms with Gasteiger partial charge in [0.1, 0.15) is 0 Å². The van der Waals surface area contributed by atoms with Gasteiger partial charge in [-0.25, -0.2) is 4.98 Å². The molecule has 4 aromatic carbocycles. The lowest BCUT2D eigenvalue weighted by molar-refractivity contribution is 0.667. The highest BCUT2D eigenvalue weighted by molar-refractivity contribution is 6.14. The molecule has 218 valence electrons. The third kappa shape index (κ3) is 4.51. The first kappa shape index (κ1) is 27.0. The zero-order valence-electron chi connectivity index (χ0n) is 25.3. The highest BCUT2D eigenvalue weighted by Crippen LogP contribution is 2.40. The van der Waals surface area contributed by atoms with Crippen LogP contribution >= 0.6 is 0 Å². The van der Waals surface area contributed by atoms with Gasteiger partial charge in [-0.15, -0.1) is 0 Å². The molecule has 45 heavy (non-hydrogen) atoms. The highest BCUT2D eigenvalue weighted by Gasteiger charge is 2.24. The minimum absolute atomic E-state index is 0.589. The van der Waals surface area contributed by atoms with Gasteiger partial charge in [0.15, 0.2) is 11.6 Å². The second-order valence-electron chi connectivity index (χ2n) is 11.5. The summed E-state index contributed by atoms with van der Waals surface area (Å²) in [5.41, 5.74) is 9.30. The summed E-state index contributed by atoms with van der Waals surface area (Å²) in [4.78, 5) is 15.2. The fraction of sp³-hybridized carbons (Fsp3) is 0.125. The number of hydrogen-bond donors (Lipinski definition) is 0. The quantitative estimate of drug-likeness (QED) is 0.183. The van der Waals surface area contributed by atoms with Crippen LogP contribution in [-0.2, 0) is 12.8 Å². The van der Waals surface area contributed by atoms with E-state index in [9.17, 15) is 0 Å². The van der Waals surface area contributed by atoms with Crippen molar-refractivity contribution in [1.29, 1.82) is 0 Å². The van der Waals surface area contributed by atoms with Gasteiger partial charge in [-0.2, -0.15) is 9.97 Å². The highest BCUT2D eigenvalue weighted by atomic mass is 15.2. The minimum Gasteiger partial charge on any atom is -0.313 e. The molecule has 0 atom stereocenters. The summed E-state index contributed by atoms with van der Waals surface area (Å²) >= 11 is 0. The molecule has 0 saturated carbocycles. The van der Waals surface area contributed by atoms with Crippen LogP contribution in [0.1, 0.15) is 36.8 Å². The third-order valence-corrected chi connectivity index (χ3v) is 8.88. The Kier molecular flexibility index (Phi) is 6.72. The van der Waals surface area contributed by atoms with E-state index >= 15 is 0 Å². The van der Waals surface area contributed by atoms with Crippen molar-refractivity contribution >= 4 is 38.3 Å². The van der Waals surface area contributed by atoms with Gasteiger partial charge < -0.3 is 4.57 Å². The Morgan fingerprint density at radius 2 is 1.42 bits per heavy atom. The Morgan fingerprint density at radius 1 is 0.711 bits per heavy atom. The number of para-hydroxylation sites is 2. The van der Waals surface area contributed by atoms with E-state index in [1.54, 1.807) is 0 Å². The molecule has 0 fully saturated rings. The Labute approximate surface area is 262 Å². The lowest BCUT2D eigenvalue weighted by Gasteiger charge is -2.16. The molecule has 0 N–H and O–H groups in total. The zero-order valence-corrected chi connectivity index (χ0v) is 25.3. The van der Waals surface area contributed by atoms with Crippen LogP contribution in [0.3, 0.4) is 0 Å². The molecule has 0 saturated heterocycles. The lowest BCUT2D eigenvalue weighted by atomic mass is 9.95. The molecule has 3 heterocycles. The molecule has 5 heteroatoms. The number of benzene rings is 4. The molecular weight excluding hydrogens is 550 g/mol. The topological polar surface area (TPSA) is 48.5 Å². The molecular formula is C40H33N5. The predicted molar refractivity (Wildman–Crippen MR) is 186 cm³/mol. The van der Waals surface area contributed by atoms with Crippen molar-refractivity contribution < 1.29 is 0 Å². The molecule has 0 radical (unpaired) electrons. The minimum atomic E-state index is 0.589. The predicted octanol–water partition coefficient (Wildman–Crippen LogP) is 9.60. The molecule has 1 aliphatic carbocycles. The van der Waals surface area contributed by atoms with Crippen molar-refractivity contribution in [3.8, 4) is 23.0 Å². The van der Waals surface area contributed by atoms with E-state index in [1.807, 2.05) is 61.6 Å². The van der Waals surface area contributed by atoms with E-state index in [2.05, 4.69) is 82.4 Å². The van der Waals surface area contributed by atoms with E-state index in [4.69, 9.17) is 15.0 Å². The largest absolute Gasteiger partial charge is 0.313 e. The van der Waals surface area contributed by atoms with E-state index < -0.39 is 0 Å². The van der Waals surface area contributed by atoms with Crippen LogP contribution in [0.4, 0.5) is 0 Å². The average Bonchev–Trinajstić information content (AvgIpc) is 3.60. The number of nitrogens with zero attached hydrogens (tertiary/aromatic N) is 5. The van der Waals surface area contributed by atoms with Crippen molar-refractivity contribution in [2.45, 2.75) is 32.6 Å². The number of rotatable bonds is 6. The van der Waals surface area contributed by atoms with Crippen LogP contribution < -0.4 is 0 Å². The summed E-state index contributed by atoms with van der Waals surface area (Å²) in [6.07, 6.45) is 12.4. The second kappa shape index (κ2) is 11.2. The SMILES string of the molecule is C=C/C(=C\C=C/C)c1nc(-c2ccccc2)nc(-n2c3ccccc3c3cc4c(cc32)c2c(n4-c3ccccc3)CCCC2)n1. The fourth-order valence-corrected chi connectivity index (χ4v) is 6.83. The number of aromatic nitrogens is 5. The Morgan fingerprint density at radius 3 is 2.22 bits per heavy atom. The summed E-state index contributed by atoms with van der Waals surface area (Å²) in [6, 6.07) is 34.2. The van der Waals surface area contributed by atoms with Crippen molar-refractivity contribution in [2.24, 2.45) is 0 Å². The van der Waals surface area contributed by atoms with E-state index in [1.165, 1.54) is 51.5 Å². The third-order valence-electron chi connectivity index (χ3n) is 8.88. The first-order valence-corrected chi connectivity index (χ1v) is 15.7. The maximum atomic E-state index is 5.12. The number of aryl methyl sites for hydroxylation is 1. The Hall–Kier alpha value is -5.55. The van der Waals surface area contributed by atoms with Crippen LogP contribution in [0.15, 0.2) is 128 Å². The number of allylic oxidation sites excluding steroid dienone is 5. The number of fused-ring (bicyclic) bond motifs is 6. The first-order valence-electron chi connectivity index (χ1n) is 15.7. The zero-order chi connectivity index (χ0) is 30.3. The molecule has 3 aromatic heterocycles. The normalized spacial score (nSPS) is 13.7. The van der Waals surface area contributed by atoms with Crippen LogP contribution in [0, 0.1) is 0 Å². The van der Waals surface area contributed by atoms with Crippen molar-refractivity contribution in [2.75, 3.05) is 0 Å². The van der Waals surface area contributed by atoms with E-state index in [0.29, 0.717) is 17.6 Å². The summed E-state index contributed by atoms with van der Waals surface area (Å²) in [5, 5.41) is 3.66. The summed E-state index contributed by atoms with van der Waals surface area (Å²) in [6.45, 7) is 6.07. The van der Waals surface area contributed by atoms with E-state index in [-0.39, 0.29) is 0 Å². The Bertz CT molecular complexity index is 2280. The maximum absolute atomic E-state index is 5.12. The van der Waals surface area contributed by atoms with Gasteiger partial charge in [-0.1, -0.05) is 97.6 Å². The maximum Gasteiger partial charge on any atom is 0.238 e. The van der Waals surface area contributed by atoms with Gasteiger partial charge in [0.25, 0.3) is 0 Å². The fourth-order valence-electron chi connectivity index (χ4n) is 6.83. The molecule has 5 nitrogen and oxygen atoms in total. The molecule has 1 aliphatic rings. The molecule has 0 amide bonds. The Balaban J connectivity index is 1.46. The monoisotopic (exact) mass is 583 g/mol. The molecule has 7 aromatic rings. The van der Waals surface area contributed by atoms with E-state index in [0.717, 1.165) is 35.0 Å². The first-order chi connectivity index (χ1) is 22.2. The van der Waals surface area contributed by atoms with Gasteiger partial charge in [0, 0.05) is 38.7 Å². The molecule has 0 aliphatic heterocycles. The molecule has 0 spiro atoms. The molecule has 0 unspecified atom stereocenters.